The quantitative estimate of drug-likeness (QED) is 0.749. The van der Waals surface area contributed by atoms with E-state index in [0.29, 0.717) is 11.1 Å². The van der Waals surface area contributed by atoms with Crippen LogP contribution < -0.4 is 5.56 Å². The lowest BCUT2D eigenvalue weighted by Gasteiger charge is -2.15. The summed E-state index contributed by atoms with van der Waals surface area (Å²) in [6, 6.07) is 9.35. The van der Waals surface area contributed by atoms with Crippen molar-refractivity contribution in [2.75, 3.05) is 14.1 Å². The third-order valence-electron chi connectivity index (χ3n) is 3.68. The van der Waals surface area contributed by atoms with Gasteiger partial charge in [-0.3, -0.25) is 4.79 Å². The zero-order chi connectivity index (χ0) is 17.5. The summed E-state index contributed by atoms with van der Waals surface area (Å²) in [7, 11) is -0.796. The molecule has 1 heterocycles. The number of phenolic OH excluding ortho intramolecular Hbond substituents is 1. The average Bonchev–Trinajstić information content (AvgIpc) is 2.55. The molecular formula is C16H15N3O4S. The maximum atomic E-state index is 12.5. The van der Waals surface area contributed by atoms with Gasteiger partial charge in [-0.2, -0.15) is 0 Å². The molecule has 0 radical (unpaired) electrons. The SMILES string of the molecule is CN(C)S(=O)(=O)c1ccccc1-c1cc(O)c2nc[nH]c(=O)c2c1. The molecule has 7 nitrogen and oxygen atoms in total. The number of aromatic amines is 1. The van der Waals surface area contributed by atoms with Crippen molar-refractivity contribution in [1.29, 1.82) is 0 Å². The van der Waals surface area contributed by atoms with E-state index in [2.05, 4.69) is 9.97 Å². The van der Waals surface area contributed by atoms with Crippen LogP contribution in [0.2, 0.25) is 0 Å². The van der Waals surface area contributed by atoms with E-state index in [4.69, 9.17) is 0 Å². The molecule has 1 aromatic heterocycles. The molecule has 3 aromatic rings. The van der Waals surface area contributed by atoms with Crippen molar-refractivity contribution in [2.24, 2.45) is 0 Å². The summed E-state index contributed by atoms with van der Waals surface area (Å²) in [5.41, 5.74) is 0.562. The summed E-state index contributed by atoms with van der Waals surface area (Å²) < 4.78 is 26.2. The topological polar surface area (TPSA) is 103 Å². The third kappa shape index (κ3) is 2.55. The predicted octanol–water partition coefficient (Wildman–Crippen LogP) is 1.55. The predicted molar refractivity (Wildman–Crippen MR) is 90.3 cm³/mol. The minimum atomic E-state index is -3.68. The van der Waals surface area contributed by atoms with Crippen LogP contribution in [0.3, 0.4) is 0 Å². The number of H-pyrrole nitrogens is 1. The zero-order valence-electron chi connectivity index (χ0n) is 13.0. The highest BCUT2D eigenvalue weighted by Gasteiger charge is 2.22. The van der Waals surface area contributed by atoms with Crippen LogP contribution in [0.25, 0.3) is 22.0 Å². The Bertz CT molecular complexity index is 1090. The largest absolute Gasteiger partial charge is 0.506 e. The molecule has 0 spiro atoms. The number of nitrogens with zero attached hydrogens (tertiary/aromatic N) is 2. The smallest absolute Gasteiger partial charge is 0.258 e. The van der Waals surface area contributed by atoms with Gasteiger partial charge in [0.15, 0.2) is 0 Å². The van der Waals surface area contributed by atoms with Gasteiger partial charge in [-0.1, -0.05) is 18.2 Å². The van der Waals surface area contributed by atoms with Gasteiger partial charge < -0.3 is 10.1 Å². The van der Waals surface area contributed by atoms with Crippen molar-refractivity contribution in [1.82, 2.24) is 14.3 Å². The molecule has 2 aromatic carbocycles. The van der Waals surface area contributed by atoms with Crippen LogP contribution in [0.4, 0.5) is 0 Å². The highest BCUT2D eigenvalue weighted by molar-refractivity contribution is 7.89. The first-order valence-electron chi connectivity index (χ1n) is 7.04. The molecular weight excluding hydrogens is 330 g/mol. The number of sulfonamides is 1. The molecule has 0 amide bonds. The number of benzene rings is 2. The zero-order valence-corrected chi connectivity index (χ0v) is 13.8. The number of hydrogen-bond acceptors (Lipinski definition) is 5. The van der Waals surface area contributed by atoms with E-state index < -0.39 is 15.6 Å². The second-order valence-corrected chi connectivity index (χ2v) is 7.53. The van der Waals surface area contributed by atoms with Crippen LogP contribution >= 0.6 is 0 Å². The number of fused-ring (bicyclic) bond motifs is 1. The Labute approximate surface area is 138 Å². The van der Waals surface area contributed by atoms with Crippen LogP contribution in [0.15, 0.2) is 52.4 Å². The van der Waals surface area contributed by atoms with Crippen LogP contribution in [-0.2, 0) is 10.0 Å². The first-order chi connectivity index (χ1) is 11.3. The van der Waals surface area contributed by atoms with Gasteiger partial charge in [0.25, 0.3) is 5.56 Å². The fourth-order valence-corrected chi connectivity index (χ4v) is 3.55. The van der Waals surface area contributed by atoms with Crippen LogP contribution in [0.1, 0.15) is 0 Å². The minimum absolute atomic E-state index is 0.0917. The lowest BCUT2D eigenvalue weighted by Crippen LogP contribution is -2.22. The number of phenols is 1. The van der Waals surface area contributed by atoms with Crippen LogP contribution in [0.5, 0.6) is 5.75 Å². The van der Waals surface area contributed by atoms with E-state index in [1.165, 1.54) is 38.6 Å². The lowest BCUT2D eigenvalue weighted by molar-refractivity contribution is 0.480. The molecule has 0 saturated heterocycles. The second-order valence-electron chi connectivity index (χ2n) is 5.41. The molecule has 8 heteroatoms. The number of aromatic hydroxyl groups is 1. The van der Waals surface area contributed by atoms with Crippen LogP contribution in [0, 0.1) is 0 Å². The molecule has 2 N–H and O–H groups in total. The Morgan fingerprint density at radius 3 is 2.58 bits per heavy atom. The summed E-state index contributed by atoms with van der Waals surface area (Å²) in [4.78, 5) is 18.4. The van der Waals surface area contributed by atoms with Gasteiger partial charge in [0.2, 0.25) is 10.0 Å². The Morgan fingerprint density at radius 1 is 1.17 bits per heavy atom. The first-order valence-corrected chi connectivity index (χ1v) is 8.48. The Balaban J connectivity index is 2.34. The summed E-state index contributed by atoms with van der Waals surface area (Å²) >= 11 is 0. The summed E-state index contributed by atoms with van der Waals surface area (Å²) in [5.74, 6) is -0.189. The summed E-state index contributed by atoms with van der Waals surface area (Å²) in [6.45, 7) is 0. The van der Waals surface area contributed by atoms with Crippen molar-refractivity contribution < 1.29 is 13.5 Å². The standard InChI is InChI=1S/C16H15N3O4S/c1-19(2)24(22,23)14-6-4-3-5-11(14)10-7-12-15(13(20)8-10)17-9-18-16(12)21/h3-9,20H,1-2H3,(H,17,18,21). The van der Waals surface area contributed by atoms with Crippen LogP contribution in [-0.4, -0.2) is 41.9 Å². The van der Waals surface area contributed by atoms with Crippen molar-refractivity contribution in [3.8, 4) is 16.9 Å². The third-order valence-corrected chi connectivity index (χ3v) is 5.55. The highest BCUT2D eigenvalue weighted by Crippen LogP contribution is 2.33. The molecule has 0 aliphatic carbocycles. The lowest BCUT2D eigenvalue weighted by atomic mass is 10.0. The van der Waals surface area contributed by atoms with E-state index in [1.54, 1.807) is 18.2 Å². The van der Waals surface area contributed by atoms with Gasteiger partial charge in [0, 0.05) is 19.7 Å². The number of aromatic nitrogens is 2. The second kappa shape index (κ2) is 5.73. The maximum Gasteiger partial charge on any atom is 0.258 e. The fraction of sp³-hybridized carbons (Fsp3) is 0.125. The molecule has 3 rings (SSSR count). The monoisotopic (exact) mass is 345 g/mol. The molecule has 124 valence electrons. The number of nitrogens with one attached hydrogen (secondary N) is 1. The van der Waals surface area contributed by atoms with E-state index in [1.807, 2.05) is 0 Å². The van der Waals surface area contributed by atoms with E-state index >= 15 is 0 Å². The first kappa shape index (κ1) is 16.2. The van der Waals surface area contributed by atoms with Gasteiger partial charge in [0.05, 0.1) is 16.6 Å². The van der Waals surface area contributed by atoms with Crippen molar-refractivity contribution >= 4 is 20.9 Å². The van der Waals surface area contributed by atoms with Gasteiger partial charge >= 0.3 is 0 Å². The van der Waals surface area contributed by atoms with E-state index in [9.17, 15) is 18.3 Å². The Kier molecular flexibility index (Phi) is 3.86. The van der Waals surface area contributed by atoms with Gasteiger partial charge in [0.1, 0.15) is 11.3 Å². The molecule has 0 aliphatic heterocycles. The minimum Gasteiger partial charge on any atom is -0.506 e. The van der Waals surface area contributed by atoms with Gasteiger partial charge in [-0.25, -0.2) is 17.7 Å². The highest BCUT2D eigenvalue weighted by atomic mass is 32.2. The molecule has 0 atom stereocenters. The van der Waals surface area contributed by atoms with Gasteiger partial charge in [-0.15, -0.1) is 0 Å². The number of rotatable bonds is 3. The normalized spacial score (nSPS) is 12.0. The molecule has 0 fully saturated rings. The maximum absolute atomic E-state index is 12.5. The molecule has 24 heavy (non-hydrogen) atoms. The average molecular weight is 345 g/mol. The Hall–Kier alpha value is -2.71. The molecule has 0 saturated carbocycles. The van der Waals surface area contributed by atoms with Gasteiger partial charge in [-0.05, 0) is 23.8 Å². The fourth-order valence-electron chi connectivity index (χ4n) is 2.44. The summed E-state index contributed by atoms with van der Waals surface area (Å²) in [6.07, 6.45) is 1.20. The molecule has 0 unspecified atom stereocenters. The Morgan fingerprint density at radius 2 is 1.88 bits per heavy atom. The van der Waals surface area contributed by atoms with Crippen molar-refractivity contribution in [2.45, 2.75) is 4.90 Å². The van der Waals surface area contributed by atoms with Crippen molar-refractivity contribution in [3.05, 3.63) is 53.1 Å². The summed E-state index contributed by atoms with van der Waals surface area (Å²) in [5, 5.41) is 10.4. The number of hydrogen-bond donors (Lipinski definition) is 2. The molecule has 0 bridgehead atoms. The van der Waals surface area contributed by atoms with Crippen molar-refractivity contribution in [3.63, 3.8) is 0 Å². The van der Waals surface area contributed by atoms with E-state index in [-0.39, 0.29) is 21.5 Å². The van der Waals surface area contributed by atoms with E-state index in [0.717, 1.165) is 4.31 Å². The molecule has 0 aliphatic rings.